The minimum absolute atomic E-state index is 0.131. The maximum absolute atomic E-state index is 14.5. The van der Waals surface area contributed by atoms with Crippen molar-refractivity contribution in [2.45, 2.75) is 165 Å². The van der Waals surface area contributed by atoms with E-state index in [-0.39, 0.29) is 49.3 Å². The van der Waals surface area contributed by atoms with Gasteiger partial charge in [-0.3, -0.25) is 10.2 Å². The van der Waals surface area contributed by atoms with Crippen LogP contribution in [0, 0.1) is 39.9 Å². The van der Waals surface area contributed by atoms with Crippen LogP contribution in [-0.2, 0) is 25.5 Å². The van der Waals surface area contributed by atoms with Gasteiger partial charge in [0.2, 0.25) is 0 Å². The number of hydrazine groups is 1. The van der Waals surface area contributed by atoms with Crippen LogP contribution in [0.25, 0.3) is 0 Å². The second kappa shape index (κ2) is 14.7. The van der Waals surface area contributed by atoms with Gasteiger partial charge in [-0.25, -0.2) is 10.2 Å². The lowest BCUT2D eigenvalue weighted by atomic mass is 9.30. The Kier molecular flexibility index (Phi) is 10.5. The van der Waals surface area contributed by atoms with Crippen molar-refractivity contribution in [1.29, 1.82) is 0 Å². The summed E-state index contributed by atoms with van der Waals surface area (Å²) in [6.07, 6.45) is 18.2. The predicted molar refractivity (Wildman–Crippen MR) is 210 cm³/mol. The molecule has 1 aromatic rings. The van der Waals surface area contributed by atoms with Gasteiger partial charge in [-0.1, -0.05) is 95.4 Å². The first-order chi connectivity index (χ1) is 26.3. The maximum atomic E-state index is 14.5. The minimum atomic E-state index is -1.63. The molecule has 0 aromatic heterocycles. The Balaban J connectivity index is 1.24. The van der Waals surface area contributed by atoms with Crippen molar-refractivity contribution < 1.29 is 34.4 Å². The molecule has 5 aliphatic carbocycles. The van der Waals surface area contributed by atoms with Crippen LogP contribution in [0.2, 0.25) is 0 Å². The highest BCUT2D eigenvalue weighted by atomic mass is 16.6. The van der Waals surface area contributed by atoms with Gasteiger partial charge in [0.1, 0.15) is 6.61 Å². The first-order valence-electron chi connectivity index (χ1n) is 21.8. The Morgan fingerprint density at radius 2 is 1.75 bits per heavy atom. The van der Waals surface area contributed by atoms with Crippen LogP contribution in [0.4, 0.5) is 0 Å². The Hall–Kier alpha value is -2.56. The van der Waals surface area contributed by atoms with E-state index < -0.39 is 45.2 Å². The zero-order valence-electron chi connectivity index (χ0n) is 33.5. The molecule has 2 heterocycles. The van der Waals surface area contributed by atoms with E-state index >= 15 is 0 Å². The number of fused-ring (bicyclic) bond motifs is 3. The zero-order valence-corrected chi connectivity index (χ0v) is 33.5. The summed E-state index contributed by atoms with van der Waals surface area (Å²) >= 11 is 0. The van der Waals surface area contributed by atoms with E-state index in [9.17, 15) is 24.9 Å². The summed E-state index contributed by atoms with van der Waals surface area (Å²) in [5, 5.41) is 40.9. The first kappa shape index (κ1) is 39.3. The quantitative estimate of drug-likeness (QED) is 0.113. The molecule has 302 valence electrons. The van der Waals surface area contributed by atoms with Crippen LogP contribution < -0.4 is 10.9 Å². The number of ether oxygens (including phenoxy) is 2. The molecule has 4 saturated carbocycles. The molecule has 1 spiro atoms. The molecule has 11 atom stereocenters. The second-order valence-corrected chi connectivity index (χ2v) is 19.6. The highest BCUT2D eigenvalue weighted by Crippen LogP contribution is 2.78. The molecule has 0 radical (unpaired) electrons. The van der Waals surface area contributed by atoms with Crippen molar-refractivity contribution in [3.05, 3.63) is 59.7 Å². The van der Waals surface area contributed by atoms with Gasteiger partial charge in [0.05, 0.1) is 28.6 Å². The lowest BCUT2D eigenvalue weighted by Crippen LogP contribution is -2.87. The summed E-state index contributed by atoms with van der Waals surface area (Å²) in [5.74, 6) is -0.927. The number of carbonyl (C=O) groups is 2. The van der Waals surface area contributed by atoms with Crippen LogP contribution in [0.15, 0.2) is 54.1 Å². The average Bonchev–Trinajstić information content (AvgIpc) is 3.82. The number of cyclic esters (lactones) is 1. The molecule has 8 rings (SSSR count). The van der Waals surface area contributed by atoms with Gasteiger partial charge in [-0.05, 0) is 105 Å². The molecule has 9 heteroatoms. The third kappa shape index (κ3) is 6.29. The molecule has 9 nitrogen and oxygen atoms in total. The summed E-state index contributed by atoms with van der Waals surface area (Å²) in [5.41, 5.74) is 1.98. The molecule has 5 N–H and O–H groups in total. The third-order valence-corrected chi connectivity index (χ3v) is 16.4. The Morgan fingerprint density at radius 1 is 0.964 bits per heavy atom. The molecule has 7 aliphatic rings. The molecular weight excluding hydrogens is 693 g/mol. The highest BCUT2D eigenvalue weighted by molar-refractivity contribution is 5.85. The number of hydrogen-bond acceptors (Lipinski definition) is 9. The van der Waals surface area contributed by atoms with Gasteiger partial charge in [-0.2, -0.15) is 0 Å². The normalized spacial score (nSPS) is 42.8. The summed E-state index contributed by atoms with van der Waals surface area (Å²) < 4.78 is 12.4. The second-order valence-electron chi connectivity index (χ2n) is 19.6. The van der Waals surface area contributed by atoms with E-state index in [0.717, 1.165) is 76.2 Å². The number of hydrogen-bond donors (Lipinski definition) is 5. The number of benzene rings is 1. The number of aryl methyl sites for hydroxylation is 1. The fourth-order valence-electron chi connectivity index (χ4n) is 13.7. The number of aliphatic hydroxyl groups is 3. The SMILES string of the molecule is C[C@H](CCCc1ccccc1)CC[C@@]1(O)C=C[C@@]2(C)C[C@]3(OC(=O)C4CCCCC4)NN[C@@H]4CCC[C@@H]4[C@]4(C)CC[C@H](O)[C@@]1([C@H]43)[C@@]2(O)CCC1=CC(=O)OC1. The summed E-state index contributed by atoms with van der Waals surface area (Å²) in [4.78, 5) is 26.7. The fourth-order valence-corrected chi connectivity index (χ4v) is 13.7. The summed E-state index contributed by atoms with van der Waals surface area (Å²) in [7, 11) is 0. The van der Waals surface area contributed by atoms with Gasteiger partial charge in [0.25, 0.3) is 0 Å². The van der Waals surface area contributed by atoms with Crippen molar-refractivity contribution in [2.24, 2.45) is 39.9 Å². The lowest BCUT2D eigenvalue weighted by Gasteiger charge is -2.77. The minimum Gasteiger partial charge on any atom is -0.458 e. The Labute approximate surface area is 328 Å². The summed E-state index contributed by atoms with van der Waals surface area (Å²) in [6.45, 7) is 6.77. The highest BCUT2D eigenvalue weighted by Gasteiger charge is 2.85. The van der Waals surface area contributed by atoms with Crippen LogP contribution in [-0.4, -0.2) is 62.9 Å². The van der Waals surface area contributed by atoms with Crippen LogP contribution >= 0.6 is 0 Å². The van der Waals surface area contributed by atoms with Gasteiger partial charge >= 0.3 is 11.9 Å². The van der Waals surface area contributed by atoms with Crippen molar-refractivity contribution in [1.82, 2.24) is 10.9 Å². The van der Waals surface area contributed by atoms with Crippen LogP contribution in [0.3, 0.4) is 0 Å². The lowest BCUT2D eigenvalue weighted by molar-refractivity contribution is -0.384. The number of esters is 2. The zero-order chi connectivity index (χ0) is 38.7. The number of aliphatic hydroxyl groups excluding tert-OH is 1. The van der Waals surface area contributed by atoms with E-state index in [1.54, 1.807) is 0 Å². The van der Waals surface area contributed by atoms with Crippen molar-refractivity contribution in [3.63, 3.8) is 0 Å². The average molecular weight is 759 g/mol. The Bertz CT molecular complexity index is 1660. The monoisotopic (exact) mass is 758 g/mol. The van der Waals surface area contributed by atoms with Crippen LogP contribution in [0.5, 0.6) is 0 Å². The molecule has 1 aromatic carbocycles. The number of rotatable bonds is 12. The predicted octanol–water partition coefficient (Wildman–Crippen LogP) is 6.99. The molecule has 0 unspecified atom stereocenters. The molecule has 5 fully saturated rings. The van der Waals surface area contributed by atoms with E-state index in [1.807, 2.05) is 25.1 Å². The standard InChI is InChI=1S/C46H66N2O7/c1-31(12-10-15-32-13-6-4-7-14-32)20-24-43(52)27-26-41(2)30-44(55-39(51)34-16-8-5-9-17-34)40-42(3,35-18-11-19-36(35)47-48-44)23-22-37(49)46(40,43)45(41,53)25-21-33-28-38(50)54-29-33/h4,6-7,13-14,26-28,31,34-37,40,47-49,52-53H,5,8-12,15-25,29-30H2,1-3H3/t31-,35+,36-,37+,40-,41+,42+,43-,44-,45-,46+/m1/s1. The van der Waals surface area contributed by atoms with Gasteiger partial charge in [-0.15, -0.1) is 0 Å². The number of nitrogens with one attached hydrogen (secondary N) is 2. The van der Waals surface area contributed by atoms with Crippen LogP contribution in [0.1, 0.15) is 135 Å². The molecule has 55 heavy (non-hydrogen) atoms. The Morgan fingerprint density at radius 3 is 2.49 bits per heavy atom. The van der Waals surface area contributed by atoms with Crippen molar-refractivity contribution in [2.75, 3.05) is 6.61 Å². The summed E-state index contributed by atoms with van der Waals surface area (Å²) in [6, 6.07) is 10.7. The fraction of sp³-hybridized carbons (Fsp3) is 0.739. The van der Waals surface area contributed by atoms with Crippen molar-refractivity contribution >= 4 is 11.9 Å². The van der Waals surface area contributed by atoms with Gasteiger partial charge in [0.15, 0.2) is 5.72 Å². The topological polar surface area (TPSA) is 137 Å². The first-order valence-corrected chi connectivity index (χ1v) is 21.8. The maximum Gasteiger partial charge on any atom is 0.331 e. The largest absolute Gasteiger partial charge is 0.458 e. The molecule has 2 aliphatic heterocycles. The number of carbonyl (C=O) groups excluding carboxylic acids is 2. The molecule has 2 bridgehead atoms. The molecular formula is C46H66N2O7. The third-order valence-electron chi connectivity index (χ3n) is 16.4. The smallest absolute Gasteiger partial charge is 0.331 e. The van der Waals surface area contributed by atoms with E-state index in [0.29, 0.717) is 38.0 Å². The van der Waals surface area contributed by atoms with Crippen molar-refractivity contribution in [3.8, 4) is 0 Å². The molecule has 0 amide bonds. The van der Waals surface area contributed by atoms with E-state index in [4.69, 9.17) is 9.47 Å². The van der Waals surface area contributed by atoms with E-state index in [1.165, 1.54) is 11.6 Å². The van der Waals surface area contributed by atoms with E-state index in [2.05, 4.69) is 49.0 Å². The van der Waals surface area contributed by atoms with Gasteiger partial charge in [0, 0.05) is 29.9 Å². The molecule has 1 saturated heterocycles. The van der Waals surface area contributed by atoms with Gasteiger partial charge < -0.3 is 24.8 Å².